The molecule has 2 saturated heterocycles. The van der Waals surface area contributed by atoms with Crippen molar-refractivity contribution in [1.29, 1.82) is 5.26 Å². The van der Waals surface area contributed by atoms with Gasteiger partial charge in [0.25, 0.3) is 0 Å². The van der Waals surface area contributed by atoms with Crippen molar-refractivity contribution in [3.8, 4) is 40.2 Å². The predicted octanol–water partition coefficient (Wildman–Crippen LogP) is 12.4. The molecule has 0 bridgehead atoms. The Morgan fingerprint density at radius 2 is 1.23 bits per heavy atom. The summed E-state index contributed by atoms with van der Waals surface area (Å²) in [7, 11) is 1.58. The molecule has 2 aliphatic rings. The highest BCUT2D eigenvalue weighted by atomic mass is 16.7. The molecule has 7 rings (SSSR count). The molecule has 2 fully saturated rings. The molecule has 444 valence electrons. The summed E-state index contributed by atoms with van der Waals surface area (Å²) in [5.74, 6) is -1.88. The molecule has 0 spiro atoms. The van der Waals surface area contributed by atoms with Gasteiger partial charge < -0.3 is 47.9 Å². The summed E-state index contributed by atoms with van der Waals surface area (Å²) in [6.45, 7) is 11.1. The van der Waals surface area contributed by atoms with Crippen LogP contribution < -0.4 is 24.3 Å². The molecular weight excluding hydrogens is 1070 g/mol. The van der Waals surface area contributed by atoms with Crippen LogP contribution in [0.1, 0.15) is 127 Å². The van der Waals surface area contributed by atoms with Crippen molar-refractivity contribution in [3.63, 3.8) is 0 Å². The minimum absolute atomic E-state index is 0.00689. The summed E-state index contributed by atoms with van der Waals surface area (Å²) in [5.41, 5.74) is -2.37. The summed E-state index contributed by atoms with van der Waals surface area (Å²) >= 11 is 0. The fourth-order valence-corrected chi connectivity index (χ4v) is 9.92. The third kappa shape index (κ3) is 17.4. The second-order valence-corrected chi connectivity index (χ2v) is 22.6. The van der Waals surface area contributed by atoms with Crippen molar-refractivity contribution in [3.05, 3.63) is 144 Å². The molecule has 2 heterocycles. The number of rotatable bonds is 29. The molecule has 84 heavy (non-hydrogen) atoms. The number of unbranched alkanes of at least 4 members (excludes halogenated alkanes) is 3. The van der Waals surface area contributed by atoms with E-state index in [4.69, 9.17) is 47.9 Å². The number of anilines is 1. The second-order valence-electron chi connectivity index (χ2n) is 22.6. The van der Waals surface area contributed by atoms with E-state index in [2.05, 4.69) is 11.4 Å². The number of methoxy groups -OCH3 is 1. The standard InChI is InChI=1S/C67H76N2O15/c1-8-65(4,61(73)83-55-35-27-51(28-36-55)69-57(70)37-20-46-18-29-52(76-7)30-19-46)45-67(6,66(5,63(75)81-43-56-42-80-56)44-64(2,3)60(72)84-58-15-11-14-39-78-58)62(74)79-40-13-10-9-12-38-77-53-31-25-50(26-32-53)59(71)82-54-33-23-49(24-34-54)48-21-16-47(41-68)17-22-48/h16-37,56,58H,8-15,38-40,42-45H2,1-7H3,(H,69,70)/b37-20+. The molecule has 17 nitrogen and oxygen atoms in total. The summed E-state index contributed by atoms with van der Waals surface area (Å²) in [6.07, 6.45) is 6.41. The summed E-state index contributed by atoms with van der Waals surface area (Å²) < 4.78 is 51.8. The monoisotopic (exact) mass is 1150 g/mol. The number of hydrogen-bond donors (Lipinski definition) is 1. The van der Waals surface area contributed by atoms with Crippen LogP contribution in [0.5, 0.6) is 23.0 Å². The maximum absolute atomic E-state index is 15.1. The zero-order chi connectivity index (χ0) is 60.3. The van der Waals surface area contributed by atoms with Crippen molar-refractivity contribution in [1.82, 2.24) is 0 Å². The third-order valence-corrected chi connectivity index (χ3v) is 15.6. The van der Waals surface area contributed by atoms with Crippen LogP contribution in [0.3, 0.4) is 0 Å². The van der Waals surface area contributed by atoms with Crippen LogP contribution in [-0.2, 0) is 47.7 Å². The van der Waals surface area contributed by atoms with Crippen molar-refractivity contribution in [2.75, 3.05) is 45.5 Å². The van der Waals surface area contributed by atoms with Crippen molar-refractivity contribution in [2.45, 2.75) is 118 Å². The lowest BCUT2D eigenvalue weighted by molar-refractivity contribution is -0.203. The quantitative estimate of drug-likeness (QED) is 0.0117. The Morgan fingerprint density at radius 3 is 1.83 bits per heavy atom. The molecule has 0 saturated carbocycles. The SMILES string of the molecule is CCC(C)(CC(C)(C(=O)OCCCCCCOc1ccc(C(=O)Oc2ccc(-c3ccc(C#N)cc3)cc2)cc1)C(C)(CC(C)(C)C(=O)OC1CCCCO1)C(=O)OCC1CO1)C(=O)Oc1ccc(NC(=O)/C=C/c2ccc(OC)cc2)cc1. The van der Waals surface area contributed by atoms with E-state index in [0.717, 1.165) is 36.0 Å². The highest BCUT2D eigenvalue weighted by molar-refractivity contribution is 6.02. The Labute approximate surface area is 491 Å². The van der Waals surface area contributed by atoms with Crippen LogP contribution >= 0.6 is 0 Å². The number of carbonyl (C=O) groups excluding carboxylic acids is 6. The number of ether oxygens (including phenoxy) is 9. The normalized spacial score (nSPS) is 16.9. The summed E-state index contributed by atoms with van der Waals surface area (Å²) in [4.78, 5) is 84.2. The molecular formula is C67H76N2O15. The number of epoxide rings is 1. The van der Waals surface area contributed by atoms with Gasteiger partial charge in [-0.3, -0.25) is 24.0 Å². The van der Waals surface area contributed by atoms with Gasteiger partial charge >= 0.3 is 29.8 Å². The zero-order valence-electron chi connectivity index (χ0n) is 49.0. The fraction of sp³-hybridized carbons (Fsp3) is 0.418. The smallest absolute Gasteiger partial charge is 0.343 e. The number of nitrogens with zero attached hydrogens (tertiary/aromatic N) is 1. The highest BCUT2D eigenvalue weighted by Crippen LogP contribution is 2.55. The maximum Gasteiger partial charge on any atom is 0.343 e. The number of esters is 5. The average Bonchev–Trinajstić information content (AvgIpc) is 1.74. The number of nitriles is 1. The lowest BCUT2D eigenvalue weighted by Crippen LogP contribution is -2.56. The van der Waals surface area contributed by atoms with Gasteiger partial charge in [-0.2, -0.15) is 5.26 Å². The minimum Gasteiger partial charge on any atom is -0.497 e. The van der Waals surface area contributed by atoms with Crippen molar-refractivity contribution >= 4 is 47.5 Å². The summed E-state index contributed by atoms with van der Waals surface area (Å²) in [6, 6.07) is 36.6. The molecule has 0 aromatic heterocycles. The Hall–Kier alpha value is -8.33. The van der Waals surface area contributed by atoms with Crippen LogP contribution in [0.15, 0.2) is 127 Å². The van der Waals surface area contributed by atoms with Gasteiger partial charge in [-0.25, -0.2) is 4.79 Å². The van der Waals surface area contributed by atoms with Crippen molar-refractivity contribution < 1.29 is 71.4 Å². The van der Waals surface area contributed by atoms with E-state index in [1.807, 2.05) is 36.4 Å². The fourth-order valence-electron chi connectivity index (χ4n) is 9.92. The molecule has 0 aliphatic carbocycles. The number of carbonyl (C=O) groups is 6. The first-order valence-electron chi connectivity index (χ1n) is 28.6. The first-order valence-corrected chi connectivity index (χ1v) is 28.6. The van der Waals surface area contributed by atoms with E-state index >= 15 is 4.79 Å². The molecule has 1 amide bonds. The highest BCUT2D eigenvalue weighted by Gasteiger charge is 2.62. The van der Waals surface area contributed by atoms with E-state index in [0.29, 0.717) is 79.6 Å². The third-order valence-electron chi connectivity index (χ3n) is 15.6. The van der Waals surface area contributed by atoms with Gasteiger partial charge in [-0.15, -0.1) is 0 Å². The van der Waals surface area contributed by atoms with E-state index in [9.17, 15) is 24.0 Å². The minimum atomic E-state index is -1.82. The second kappa shape index (κ2) is 29.3. The number of amides is 1. The van der Waals surface area contributed by atoms with E-state index in [1.165, 1.54) is 6.08 Å². The lowest BCUT2D eigenvalue weighted by Gasteiger charge is -2.48. The van der Waals surface area contributed by atoms with Gasteiger partial charge in [0.05, 0.1) is 72.4 Å². The van der Waals surface area contributed by atoms with Gasteiger partial charge in [0.2, 0.25) is 12.2 Å². The predicted molar refractivity (Wildman–Crippen MR) is 314 cm³/mol. The Balaban J connectivity index is 0.976. The Bertz CT molecular complexity index is 3110. The lowest BCUT2D eigenvalue weighted by atomic mass is 9.54. The molecule has 5 unspecified atom stereocenters. The van der Waals surface area contributed by atoms with Crippen LogP contribution in [0.4, 0.5) is 5.69 Å². The Morgan fingerprint density at radius 1 is 0.643 bits per heavy atom. The van der Waals surface area contributed by atoms with Gasteiger partial charge in [0.15, 0.2) is 0 Å². The largest absolute Gasteiger partial charge is 0.497 e. The van der Waals surface area contributed by atoms with Gasteiger partial charge in [-0.05, 0) is 200 Å². The van der Waals surface area contributed by atoms with Crippen LogP contribution in [-0.4, -0.2) is 88.3 Å². The number of benzene rings is 5. The van der Waals surface area contributed by atoms with Crippen LogP contribution in [0.25, 0.3) is 17.2 Å². The molecule has 17 heteroatoms. The number of hydrogen-bond acceptors (Lipinski definition) is 16. The van der Waals surface area contributed by atoms with Crippen LogP contribution in [0, 0.1) is 33.0 Å². The molecule has 0 radical (unpaired) electrons. The average molecular weight is 1150 g/mol. The van der Waals surface area contributed by atoms with Crippen molar-refractivity contribution in [2.24, 2.45) is 21.7 Å². The zero-order valence-corrected chi connectivity index (χ0v) is 49.0. The molecule has 5 aromatic carbocycles. The van der Waals surface area contributed by atoms with E-state index in [-0.39, 0.29) is 50.2 Å². The molecule has 5 aromatic rings. The molecule has 1 N–H and O–H groups in total. The molecule has 2 aliphatic heterocycles. The molecule has 5 atom stereocenters. The van der Waals surface area contributed by atoms with E-state index < -0.39 is 57.8 Å². The summed E-state index contributed by atoms with van der Waals surface area (Å²) in [5, 5.41) is 11.9. The van der Waals surface area contributed by atoms with Gasteiger partial charge in [0, 0.05) is 18.2 Å². The van der Waals surface area contributed by atoms with Gasteiger partial charge in [-0.1, -0.05) is 43.3 Å². The first kappa shape index (κ1) is 63.3. The van der Waals surface area contributed by atoms with E-state index in [1.54, 1.807) is 140 Å². The number of nitrogens with one attached hydrogen (secondary N) is 1. The Kier molecular flexibility index (Phi) is 22.0. The first-order chi connectivity index (χ1) is 40.3. The maximum atomic E-state index is 15.1. The van der Waals surface area contributed by atoms with Crippen LogP contribution in [0.2, 0.25) is 0 Å². The van der Waals surface area contributed by atoms with Gasteiger partial charge in [0.1, 0.15) is 35.7 Å². The topological polar surface area (TPSA) is 225 Å².